The molecule has 0 unspecified atom stereocenters. The van der Waals surface area contributed by atoms with Crippen LogP contribution in [0.3, 0.4) is 0 Å². The predicted molar refractivity (Wildman–Crippen MR) is 205 cm³/mol. The van der Waals surface area contributed by atoms with Crippen LogP contribution in [0.4, 0.5) is 0 Å². The largest absolute Gasteiger partial charge is 0.507 e. The van der Waals surface area contributed by atoms with E-state index < -0.39 is 0 Å². The van der Waals surface area contributed by atoms with E-state index in [1.807, 2.05) is 19.3 Å². The molecule has 7 aromatic rings. The lowest BCUT2D eigenvalue weighted by molar-refractivity contribution is 0.446. The molecule has 2 heterocycles. The number of hydrogen-bond acceptors (Lipinski definition) is 3. The summed E-state index contributed by atoms with van der Waals surface area (Å²) in [6.45, 7) is 13.1. The van der Waals surface area contributed by atoms with Crippen LogP contribution in [0.25, 0.3) is 67.1 Å². The Morgan fingerprint density at radius 2 is 1.18 bits per heavy atom. The van der Waals surface area contributed by atoms with Crippen LogP contribution in [0.5, 0.6) is 5.75 Å². The van der Waals surface area contributed by atoms with E-state index >= 15 is 0 Å². The van der Waals surface area contributed by atoms with Gasteiger partial charge in [-0.2, -0.15) is 0 Å². The topological polar surface area (TPSA) is 50.9 Å². The molecular weight excluding hydrogens is 599 g/mol. The maximum Gasteiger partial charge on any atom is 0.144 e. The molecule has 0 radical (unpaired) electrons. The smallest absolute Gasteiger partial charge is 0.144 e. The predicted octanol–water partition coefficient (Wildman–Crippen LogP) is 11.6. The molecule has 0 aliphatic heterocycles. The highest BCUT2D eigenvalue weighted by atomic mass is 16.3. The monoisotopic (exact) mass is 641 g/mol. The fourth-order valence-corrected chi connectivity index (χ4v) is 6.60. The third-order valence-electron chi connectivity index (χ3n) is 9.49. The zero-order chi connectivity index (χ0) is 34.5. The number of benzene rings is 5. The summed E-state index contributed by atoms with van der Waals surface area (Å²) < 4.78 is 2.10. The highest BCUT2D eigenvalue weighted by Gasteiger charge is 2.27. The van der Waals surface area contributed by atoms with Crippen LogP contribution in [0.2, 0.25) is 0 Å². The number of aryl methyl sites for hydroxylation is 1. The lowest BCUT2D eigenvalue weighted by Crippen LogP contribution is -2.17. The number of imidazole rings is 1. The molecule has 2 aromatic heterocycles. The Kier molecular flexibility index (Phi) is 7.99. The van der Waals surface area contributed by atoms with Crippen molar-refractivity contribution < 1.29 is 5.11 Å². The van der Waals surface area contributed by atoms with Crippen molar-refractivity contribution in [3.8, 4) is 61.8 Å². The third kappa shape index (κ3) is 6.15. The van der Waals surface area contributed by atoms with E-state index in [0.717, 1.165) is 61.5 Å². The minimum atomic E-state index is -0.229. The molecule has 0 saturated carbocycles. The molecule has 4 nitrogen and oxygen atoms in total. The van der Waals surface area contributed by atoms with Crippen molar-refractivity contribution in [1.82, 2.24) is 14.5 Å². The van der Waals surface area contributed by atoms with Crippen molar-refractivity contribution in [3.05, 3.63) is 139 Å². The second kappa shape index (κ2) is 12.2. The Morgan fingerprint density at radius 1 is 0.551 bits per heavy atom. The molecule has 0 aliphatic carbocycles. The van der Waals surface area contributed by atoms with Gasteiger partial charge in [-0.3, -0.25) is 4.98 Å². The molecule has 0 atom stereocenters. The van der Waals surface area contributed by atoms with Crippen molar-refractivity contribution in [1.29, 1.82) is 0 Å². The Morgan fingerprint density at radius 3 is 1.88 bits per heavy atom. The summed E-state index contributed by atoms with van der Waals surface area (Å²) in [6.07, 6.45) is 1.89. The average molecular weight is 642 g/mol. The SMILES string of the molecule is Cn1c(-c2cc(C(C)(C)C)cc(C(C)(C)C)c2O)nc2c(-c3cccc(-c4cc(-c5ccc(-c6ccccc6)cc5)ccn4)c3)cccc21. The number of pyridine rings is 1. The molecule has 4 heteroatoms. The second-order valence-electron chi connectivity index (χ2n) is 15.0. The van der Waals surface area contributed by atoms with Crippen molar-refractivity contribution in [2.24, 2.45) is 7.05 Å². The fourth-order valence-electron chi connectivity index (χ4n) is 6.60. The van der Waals surface area contributed by atoms with Crippen LogP contribution < -0.4 is 0 Å². The highest BCUT2D eigenvalue weighted by Crippen LogP contribution is 2.43. The molecule has 0 aliphatic rings. The molecule has 5 aromatic carbocycles. The number of rotatable bonds is 5. The first-order chi connectivity index (χ1) is 23.4. The summed E-state index contributed by atoms with van der Waals surface area (Å²) in [5.41, 5.74) is 13.2. The van der Waals surface area contributed by atoms with Crippen LogP contribution in [0, 0.1) is 0 Å². The van der Waals surface area contributed by atoms with Gasteiger partial charge in [-0.1, -0.05) is 133 Å². The van der Waals surface area contributed by atoms with Gasteiger partial charge in [-0.05, 0) is 74.5 Å². The third-order valence-corrected chi connectivity index (χ3v) is 9.49. The normalized spacial score (nSPS) is 12.1. The Balaban J connectivity index is 1.28. The van der Waals surface area contributed by atoms with E-state index in [0.29, 0.717) is 5.75 Å². The minimum absolute atomic E-state index is 0.0877. The maximum atomic E-state index is 11.7. The van der Waals surface area contributed by atoms with Crippen molar-refractivity contribution in [2.75, 3.05) is 0 Å². The lowest BCUT2D eigenvalue weighted by atomic mass is 9.79. The number of nitrogens with zero attached hydrogens (tertiary/aromatic N) is 3. The number of aromatic nitrogens is 3. The molecule has 0 saturated heterocycles. The lowest BCUT2D eigenvalue weighted by Gasteiger charge is -2.27. The highest BCUT2D eigenvalue weighted by molar-refractivity contribution is 5.95. The Bertz CT molecular complexity index is 2300. The van der Waals surface area contributed by atoms with Gasteiger partial charge < -0.3 is 9.67 Å². The summed E-state index contributed by atoms with van der Waals surface area (Å²) in [5, 5.41) is 11.7. The quantitative estimate of drug-likeness (QED) is 0.203. The van der Waals surface area contributed by atoms with Crippen LogP contribution in [-0.4, -0.2) is 19.6 Å². The van der Waals surface area contributed by atoms with Gasteiger partial charge in [0, 0.05) is 29.9 Å². The molecule has 7 rings (SSSR count). The molecule has 244 valence electrons. The number of aromatic hydroxyl groups is 1. The van der Waals surface area contributed by atoms with Gasteiger partial charge in [0.25, 0.3) is 0 Å². The minimum Gasteiger partial charge on any atom is -0.507 e. The number of fused-ring (bicyclic) bond motifs is 1. The summed E-state index contributed by atoms with van der Waals surface area (Å²) in [6, 6.07) is 42.5. The average Bonchev–Trinajstić information content (AvgIpc) is 3.44. The van der Waals surface area contributed by atoms with E-state index in [9.17, 15) is 5.11 Å². The first-order valence-corrected chi connectivity index (χ1v) is 16.9. The molecule has 1 N–H and O–H groups in total. The molecular formula is C45H43N3O. The van der Waals surface area contributed by atoms with Gasteiger partial charge in [-0.25, -0.2) is 4.98 Å². The van der Waals surface area contributed by atoms with Crippen LogP contribution in [-0.2, 0) is 17.9 Å². The number of para-hydroxylation sites is 1. The van der Waals surface area contributed by atoms with Gasteiger partial charge in [0.1, 0.15) is 11.6 Å². The fraction of sp³-hybridized carbons (Fsp3) is 0.200. The first-order valence-electron chi connectivity index (χ1n) is 16.9. The van der Waals surface area contributed by atoms with Gasteiger partial charge in [0.2, 0.25) is 0 Å². The van der Waals surface area contributed by atoms with Gasteiger partial charge in [0.15, 0.2) is 0 Å². The molecule has 0 bridgehead atoms. The van der Waals surface area contributed by atoms with Gasteiger partial charge in [-0.15, -0.1) is 0 Å². The van der Waals surface area contributed by atoms with Crippen LogP contribution in [0.15, 0.2) is 128 Å². The summed E-state index contributed by atoms with van der Waals surface area (Å²) in [5.74, 6) is 1.04. The van der Waals surface area contributed by atoms with E-state index in [2.05, 4.69) is 161 Å². The summed E-state index contributed by atoms with van der Waals surface area (Å²) in [4.78, 5) is 10.0. The Labute approximate surface area is 289 Å². The van der Waals surface area contributed by atoms with E-state index in [4.69, 9.17) is 9.97 Å². The summed E-state index contributed by atoms with van der Waals surface area (Å²) in [7, 11) is 2.03. The standard InChI is InChI=1S/C45H43N3O/c1-44(2,3)35-27-37(42(49)38(28-35)45(4,5)6)43-47-41-36(17-12-18-40(41)48(43)7)33-15-11-16-34(25-33)39-26-32(23-24-46-39)31-21-19-30(20-22-31)29-13-9-8-10-14-29/h8-28,49H,1-7H3. The second-order valence-corrected chi connectivity index (χ2v) is 15.0. The molecule has 0 fully saturated rings. The van der Waals surface area contributed by atoms with Crippen LogP contribution >= 0.6 is 0 Å². The van der Waals surface area contributed by atoms with Crippen molar-refractivity contribution in [2.45, 2.75) is 52.4 Å². The first kappa shape index (κ1) is 32.1. The van der Waals surface area contributed by atoms with Gasteiger partial charge in [0.05, 0.1) is 22.3 Å². The number of phenols is 1. The summed E-state index contributed by atoms with van der Waals surface area (Å²) >= 11 is 0. The van der Waals surface area contributed by atoms with Crippen LogP contribution in [0.1, 0.15) is 52.7 Å². The van der Waals surface area contributed by atoms with Gasteiger partial charge >= 0.3 is 0 Å². The van der Waals surface area contributed by atoms with E-state index in [-0.39, 0.29) is 10.8 Å². The zero-order valence-electron chi connectivity index (χ0n) is 29.4. The number of hydrogen-bond donors (Lipinski definition) is 1. The van der Waals surface area contributed by atoms with E-state index in [1.54, 1.807) is 0 Å². The maximum absolute atomic E-state index is 11.7. The number of phenolic OH excluding ortho intramolecular Hbond substituents is 1. The molecule has 49 heavy (non-hydrogen) atoms. The molecule has 0 amide bonds. The van der Waals surface area contributed by atoms with Crippen molar-refractivity contribution in [3.63, 3.8) is 0 Å². The zero-order valence-corrected chi connectivity index (χ0v) is 29.4. The Hall–Kier alpha value is -5.48. The van der Waals surface area contributed by atoms with E-state index in [1.165, 1.54) is 16.7 Å². The van der Waals surface area contributed by atoms with Crippen molar-refractivity contribution >= 4 is 11.0 Å². The molecule has 0 spiro atoms.